The Kier molecular flexibility index (Phi) is 5.00. The number of carbonyl (C=O) groups is 1. The van der Waals surface area contributed by atoms with E-state index >= 15 is 0 Å². The van der Waals surface area contributed by atoms with Crippen molar-refractivity contribution in [3.8, 4) is 0 Å². The summed E-state index contributed by atoms with van der Waals surface area (Å²) >= 11 is 0. The summed E-state index contributed by atoms with van der Waals surface area (Å²) in [6, 6.07) is 2.83. The van der Waals surface area contributed by atoms with Crippen LogP contribution in [0, 0.1) is 0 Å². The largest absolute Gasteiger partial charge is 1.00 e. The second-order valence-electron chi connectivity index (χ2n) is 3.90. The molecule has 6 heteroatoms. The molecule has 0 atom stereocenters. The minimum absolute atomic E-state index is 0. The van der Waals surface area contributed by atoms with Crippen molar-refractivity contribution in [3.05, 3.63) is 34.2 Å². The second kappa shape index (κ2) is 6.06. The zero-order chi connectivity index (χ0) is 11.5. The van der Waals surface area contributed by atoms with Crippen LogP contribution in [0.5, 0.6) is 0 Å². The van der Waals surface area contributed by atoms with Gasteiger partial charge in [-0.2, -0.15) is 0 Å². The van der Waals surface area contributed by atoms with Crippen LogP contribution in [0.4, 0.5) is 0 Å². The molecule has 0 aliphatic carbocycles. The van der Waals surface area contributed by atoms with Crippen molar-refractivity contribution in [2.75, 3.05) is 19.6 Å². The summed E-state index contributed by atoms with van der Waals surface area (Å²) in [5, 5.41) is 10.6. The fraction of sp³-hybridized carbons (Fsp3) is 0.455. The molecule has 2 rings (SSSR count). The zero-order valence-electron chi connectivity index (χ0n) is 9.89. The van der Waals surface area contributed by atoms with E-state index in [1.165, 1.54) is 17.1 Å². The first-order valence-corrected chi connectivity index (χ1v) is 5.31. The molecule has 17 heavy (non-hydrogen) atoms. The van der Waals surface area contributed by atoms with Crippen LogP contribution in [-0.4, -0.2) is 35.1 Å². The van der Waals surface area contributed by atoms with Crippen molar-refractivity contribution in [3.63, 3.8) is 0 Å². The van der Waals surface area contributed by atoms with Gasteiger partial charge in [-0.25, -0.2) is 0 Å². The van der Waals surface area contributed by atoms with Gasteiger partial charge in [0.05, 0.1) is 11.5 Å². The molecule has 2 heterocycles. The van der Waals surface area contributed by atoms with Crippen LogP contribution < -0.4 is 29.5 Å². The molecule has 86 valence electrons. The standard InChI is InChI=1S/C11H14N2O3.Li/c14-10-9(11(15)16)3-1-6-13(10)8-7-12-4-2-5-12;/h1,3,6H,2,4-5,7-8H2,(H,15,16);/q;+1/p-1. The fourth-order valence-electron chi connectivity index (χ4n) is 1.72. The summed E-state index contributed by atoms with van der Waals surface area (Å²) in [5.74, 6) is -1.41. The van der Waals surface area contributed by atoms with E-state index in [-0.39, 0.29) is 24.4 Å². The van der Waals surface area contributed by atoms with Gasteiger partial charge in [0.25, 0.3) is 5.56 Å². The molecule has 0 amide bonds. The summed E-state index contributed by atoms with van der Waals surface area (Å²) in [6.45, 7) is 3.44. The average molecular weight is 228 g/mol. The van der Waals surface area contributed by atoms with Gasteiger partial charge in [-0.1, -0.05) is 0 Å². The van der Waals surface area contributed by atoms with Crippen LogP contribution in [0.2, 0.25) is 0 Å². The van der Waals surface area contributed by atoms with E-state index in [1.807, 2.05) is 0 Å². The van der Waals surface area contributed by atoms with Gasteiger partial charge < -0.3 is 19.4 Å². The topological polar surface area (TPSA) is 65.4 Å². The van der Waals surface area contributed by atoms with Crippen LogP contribution in [0.3, 0.4) is 0 Å². The third-order valence-corrected chi connectivity index (χ3v) is 2.85. The number of hydrogen-bond donors (Lipinski definition) is 0. The minimum atomic E-state index is -1.41. The maximum atomic E-state index is 11.7. The maximum Gasteiger partial charge on any atom is 1.00 e. The summed E-state index contributed by atoms with van der Waals surface area (Å²) in [6.07, 6.45) is 2.81. The molecule has 1 saturated heterocycles. The number of carboxylic acids is 1. The van der Waals surface area contributed by atoms with Crippen LogP contribution in [-0.2, 0) is 6.54 Å². The summed E-state index contributed by atoms with van der Waals surface area (Å²) in [5.41, 5.74) is -0.755. The van der Waals surface area contributed by atoms with Gasteiger partial charge in [-0.05, 0) is 31.6 Å². The van der Waals surface area contributed by atoms with Crippen molar-refractivity contribution >= 4 is 5.97 Å². The molecule has 1 aromatic rings. The third-order valence-electron chi connectivity index (χ3n) is 2.85. The molecular weight excluding hydrogens is 215 g/mol. The first-order valence-electron chi connectivity index (χ1n) is 5.31. The maximum absolute atomic E-state index is 11.7. The number of likely N-dealkylation sites (tertiary alicyclic amines) is 1. The first kappa shape index (κ1) is 14.0. The molecule has 1 aromatic heterocycles. The number of aromatic carboxylic acids is 1. The van der Waals surface area contributed by atoms with Gasteiger partial charge in [0.15, 0.2) is 0 Å². The third kappa shape index (κ3) is 3.22. The Balaban J connectivity index is 0.00000144. The van der Waals surface area contributed by atoms with Crippen LogP contribution in [0.15, 0.2) is 23.1 Å². The van der Waals surface area contributed by atoms with Gasteiger partial charge in [-0.3, -0.25) is 4.79 Å². The van der Waals surface area contributed by atoms with E-state index in [1.54, 1.807) is 12.3 Å². The Morgan fingerprint density at radius 1 is 1.35 bits per heavy atom. The van der Waals surface area contributed by atoms with Gasteiger partial charge in [0.2, 0.25) is 0 Å². The first-order chi connectivity index (χ1) is 7.68. The summed E-state index contributed by atoms with van der Waals surface area (Å²) in [7, 11) is 0. The van der Waals surface area contributed by atoms with E-state index in [2.05, 4.69) is 4.90 Å². The number of pyridine rings is 1. The predicted octanol–water partition coefficient (Wildman–Crippen LogP) is -4.08. The van der Waals surface area contributed by atoms with Crippen LogP contribution >= 0.6 is 0 Å². The van der Waals surface area contributed by atoms with Crippen LogP contribution in [0.1, 0.15) is 16.8 Å². The fourth-order valence-corrected chi connectivity index (χ4v) is 1.72. The van der Waals surface area contributed by atoms with Crippen molar-refractivity contribution in [1.82, 2.24) is 9.47 Å². The molecule has 0 aromatic carbocycles. The Morgan fingerprint density at radius 2 is 2.06 bits per heavy atom. The number of aromatic nitrogens is 1. The quantitative estimate of drug-likeness (QED) is 0.492. The van der Waals surface area contributed by atoms with Crippen molar-refractivity contribution in [1.29, 1.82) is 0 Å². The minimum Gasteiger partial charge on any atom is -0.545 e. The second-order valence-corrected chi connectivity index (χ2v) is 3.90. The molecule has 0 spiro atoms. The van der Waals surface area contributed by atoms with E-state index in [9.17, 15) is 14.7 Å². The number of nitrogens with zero attached hydrogens (tertiary/aromatic N) is 2. The predicted molar refractivity (Wildman–Crippen MR) is 56.1 cm³/mol. The molecule has 0 unspecified atom stereocenters. The average Bonchev–Trinajstić information content (AvgIpc) is 2.17. The normalized spacial score (nSPS) is 14.8. The van der Waals surface area contributed by atoms with Gasteiger partial charge in [0.1, 0.15) is 0 Å². The van der Waals surface area contributed by atoms with Gasteiger partial charge in [0, 0.05) is 19.3 Å². The zero-order valence-corrected chi connectivity index (χ0v) is 9.89. The molecule has 1 fully saturated rings. The number of hydrogen-bond acceptors (Lipinski definition) is 4. The molecular formula is C11H13LiN2O3. The van der Waals surface area contributed by atoms with E-state index < -0.39 is 11.5 Å². The molecule has 1 aliphatic heterocycles. The number of rotatable bonds is 4. The monoisotopic (exact) mass is 228 g/mol. The molecule has 0 bridgehead atoms. The SMILES string of the molecule is O=C([O-])c1cccn(CCN2CCC2)c1=O.[Li+]. The molecule has 1 aliphatic rings. The summed E-state index contributed by atoms with van der Waals surface area (Å²) < 4.78 is 1.42. The van der Waals surface area contributed by atoms with Crippen molar-refractivity contribution in [2.45, 2.75) is 13.0 Å². The number of carbonyl (C=O) groups excluding carboxylic acids is 1. The van der Waals surface area contributed by atoms with Gasteiger partial charge in [-0.15, -0.1) is 0 Å². The number of carboxylic acid groups (broad SMARTS) is 1. The molecule has 0 radical (unpaired) electrons. The Bertz CT molecular complexity index is 454. The van der Waals surface area contributed by atoms with Crippen molar-refractivity contribution in [2.24, 2.45) is 0 Å². The Labute approximate surface area is 111 Å². The van der Waals surface area contributed by atoms with Crippen molar-refractivity contribution < 1.29 is 28.8 Å². The van der Waals surface area contributed by atoms with E-state index in [0.717, 1.165) is 19.6 Å². The van der Waals surface area contributed by atoms with Crippen LogP contribution in [0.25, 0.3) is 0 Å². The Morgan fingerprint density at radius 3 is 2.59 bits per heavy atom. The molecule has 5 nitrogen and oxygen atoms in total. The summed E-state index contributed by atoms with van der Waals surface area (Å²) in [4.78, 5) is 24.5. The van der Waals surface area contributed by atoms with E-state index in [4.69, 9.17) is 0 Å². The van der Waals surface area contributed by atoms with Gasteiger partial charge >= 0.3 is 18.9 Å². The molecule has 0 N–H and O–H groups in total. The smallest absolute Gasteiger partial charge is 0.545 e. The Hall–Kier alpha value is -1.02. The van der Waals surface area contributed by atoms with E-state index in [0.29, 0.717) is 6.54 Å². The molecule has 0 saturated carbocycles.